The zero-order valence-corrected chi connectivity index (χ0v) is 18.6. The molecule has 7 nitrogen and oxygen atoms in total. The molecule has 0 saturated carbocycles. The summed E-state index contributed by atoms with van der Waals surface area (Å²) < 4.78 is 11.6. The van der Waals surface area contributed by atoms with Crippen molar-refractivity contribution >= 4 is 23.4 Å². The highest BCUT2D eigenvalue weighted by atomic mass is 32.2. The third-order valence-corrected chi connectivity index (χ3v) is 5.90. The zero-order chi connectivity index (χ0) is 21.8. The van der Waals surface area contributed by atoms with Gasteiger partial charge in [0.05, 0.1) is 12.8 Å². The number of para-hydroxylation sites is 1. The van der Waals surface area contributed by atoms with Gasteiger partial charge in [0.15, 0.2) is 5.69 Å². The van der Waals surface area contributed by atoms with Gasteiger partial charge in [0.25, 0.3) is 0 Å². The molecule has 0 unspecified atom stereocenters. The van der Waals surface area contributed by atoms with Crippen molar-refractivity contribution in [2.24, 2.45) is 0 Å². The van der Waals surface area contributed by atoms with Crippen molar-refractivity contribution in [1.29, 1.82) is 0 Å². The number of benzene rings is 2. The number of methoxy groups -OCH3 is 1. The molecular weight excluding hydrogens is 412 g/mol. The Balaban J connectivity index is 1.83. The predicted octanol–water partition coefficient (Wildman–Crippen LogP) is 4.88. The van der Waals surface area contributed by atoms with E-state index in [1.54, 1.807) is 23.8 Å². The molecule has 1 aliphatic heterocycles. The van der Waals surface area contributed by atoms with Crippen LogP contribution in [0.2, 0.25) is 0 Å². The van der Waals surface area contributed by atoms with E-state index in [0.29, 0.717) is 22.4 Å². The van der Waals surface area contributed by atoms with Crippen molar-refractivity contribution in [2.45, 2.75) is 38.1 Å². The van der Waals surface area contributed by atoms with Gasteiger partial charge in [-0.25, -0.2) is 0 Å². The molecule has 3 aromatic rings. The molecule has 1 aliphatic rings. The van der Waals surface area contributed by atoms with Crippen LogP contribution < -0.4 is 14.4 Å². The van der Waals surface area contributed by atoms with Crippen molar-refractivity contribution in [3.8, 4) is 22.9 Å². The summed E-state index contributed by atoms with van der Waals surface area (Å²) in [4.78, 5) is 19.1. The Labute approximate surface area is 185 Å². The number of anilines is 1. The second-order valence-electron chi connectivity index (χ2n) is 7.10. The predicted molar refractivity (Wildman–Crippen MR) is 120 cm³/mol. The van der Waals surface area contributed by atoms with Gasteiger partial charge in [-0.2, -0.15) is 4.98 Å². The molecule has 4 rings (SSSR count). The lowest BCUT2D eigenvalue weighted by molar-refractivity contribution is -0.118. The normalized spacial score (nSPS) is 14.8. The quantitative estimate of drug-likeness (QED) is 0.402. The van der Waals surface area contributed by atoms with E-state index in [1.807, 2.05) is 48.5 Å². The third-order valence-electron chi connectivity index (χ3n) is 4.98. The SMILES string of the molecule is CCCCSc1nnc2c(n1)O[C@@H](c1ccc(OC)cc1)N(C(C)=O)c1ccccc1-2. The minimum absolute atomic E-state index is 0.147. The molecule has 2 aromatic carbocycles. The third kappa shape index (κ3) is 4.34. The van der Waals surface area contributed by atoms with E-state index in [9.17, 15) is 4.79 Å². The minimum Gasteiger partial charge on any atom is -0.497 e. The summed E-state index contributed by atoms with van der Waals surface area (Å²) in [5, 5.41) is 9.29. The first-order valence-corrected chi connectivity index (χ1v) is 11.2. The van der Waals surface area contributed by atoms with Crippen molar-refractivity contribution < 1.29 is 14.3 Å². The van der Waals surface area contributed by atoms with Gasteiger partial charge >= 0.3 is 0 Å². The van der Waals surface area contributed by atoms with E-state index in [1.165, 1.54) is 6.92 Å². The average molecular weight is 437 g/mol. The first-order chi connectivity index (χ1) is 15.1. The van der Waals surface area contributed by atoms with E-state index in [-0.39, 0.29) is 5.91 Å². The van der Waals surface area contributed by atoms with Crippen LogP contribution in [0.4, 0.5) is 5.69 Å². The monoisotopic (exact) mass is 436 g/mol. The number of rotatable bonds is 6. The van der Waals surface area contributed by atoms with Crippen molar-refractivity contribution in [2.75, 3.05) is 17.8 Å². The molecule has 1 aromatic heterocycles. The van der Waals surface area contributed by atoms with E-state index in [4.69, 9.17) is 9.47 Å². The van der Waals surface area contributed by atoms with Gasteiger partial charge < -0.3 is 9.47 Å². The molecule has 8 heteroatoms. The Morgan fingerprint density at radius 1 is 1.16 bits per heavy atom. The molecule has 31 heavy (non-hydrogen) atoms. The molecular formula is C23H24N4O3S. The Bertz CT molecular complexity index is 1070. The molecule has 0 saturated heterocycles. The molecule has 0 fully saturated rings. The number of carbonyl (C=O) groups is 1. The number of aromatic nitrogens is 3. The second kappa shape index (κ2) is 9.34. The van der Waals surface area contributed by atoms with Crippen molar-refractivity contribution in [3.63, 3.8) is 0 Å². The average Bonchev–Trinajstić information content (AvgIpc) is 2.93. The number of fused-ring (bicyclic) bond motifs is 3. The topological polar surface area (TPSA) is 77.4 Å². The lowest BCUT2D eigenvalue weighted by atomic mass is 10.1. The fourth-order valence-corrected chi connectivity index (χ4v) is 4.27. The Morgan fingerprint density at radius 3 is 2.65 bits per heavy atom. The Kier molecular flexibility index (Phi) is 6.36. The highest BCUT2D eigenvalue weighted by molar-refractivity contribution is 7.99. The first kappa shape index (κ1) is 21.1. The van der Waals surface area contributed by atoms with Crippen molar-refractivity contribution in [3.05, 3.63) is 54.1 Å². The number of ether oxygens (including phenoxy) is 2. The van der Waals surface area contributed by atoms with Gasteiger partial charge in [-0.05, 0) is 36.8 Å². The molecule has 160 valence electrons. The first-order valence-electron chi connectivity index (χ1n) is 10.2. The number of hydrogen-bond acceptors (Lipinski definition) is 7. The van der Waals surface area contributed by atoms with E-state index in [0.717, 1.165) is 35.5 Å². The van der Waals surface area contributed by atoms with Crippen LogP contribution in [0, 0.1) is 0 Å². The molecule has 2 heterocycles. The van der Waals surface area contributed by atoms with E-state index in [2.05, 4.69) is 22.1 Å². The van der Waals surface area contributed by atoms with Crippen LogP contribution >= 0.6 is 11.8 Å². The molecule has 1 amide bonds. The number of amides is 1. The van der Waals surface area contributed by atoms with Gasteiger partial charge in [-0.3, -0.25) is 9.69 Å². The maximum Gasteiger partial charge on any atom is 0.247 e. The summed E-state index contributed by atoms with van der Waals surface area (Å²) in [6.45, 7) is 3.67. The summed E-state index contributed by atoms with van der Waals surface area (Å²) in [5.41, 5.74) is 2.79. The summed E-state index contributed by atoms with van der Waals surface area (Å²) in [7, 11) is 1.62. The summed E-state index contributed by atoms with van der Waals surface area (Å²) >= 11 is 1.55. The largest absolute Gasteiger partial charge is 0.497 e. The van der Waals surface area contributed by atoms with Gasteiger partial charge in [-0.15, -0.1) is 10.2 Å². The maximum atomic E-state index is 12.8. The smallest absolute Gasteiger partial charge is 0.247 e. The van der Waals surface area contributed by atoms with Gasteiger partial charge in [0, 0.05) is 23.8 Å². The van der Waals surface area contributed by atoms with Crippen LogP contribution in [0.5, 0.6) is 11.6 Å². The zero-order valence-electron chi connectivity index (χ0n) is 17.7. The van der Waals surface area contributed by atoms with Gasteiger partial charge in [-0.1, -0.05) is 43.3 Å². The summed E-state index contributed by atoms with van der Waals surface area (Å²) in [5.74, 6) is 1.86. The summed E-state index contributed by atoms with van der Waals surface area (Å²) in [6.07, 6.45) is 1.47. The fraction of sp³-hybridized carbons (Fsp3) is 0.304. The van der Waals surface area contributed by atoms with E-state index < -0.39 is 6.23 Å². The van der Waals surface area contributed by atoms with E-state index >= 15 is 0 Å². The maximum absolute atomic E-state index is 12.8. The molecule has 0 bridgehead atoms. The Morgan fingerprint density at radius 2 is 1.94 bits per heavy atom. The van der Waals surface area contributed by atoms with Gasteiger partial charge in [0.1, 0.15) is 5.75 Å². The number of thioether (sulfide) groups is 1. The van der Waals surface area contributed by atoms with Crippen LogP contribution in [-0.2, 0) is 4.79 Å². The number of hydrogen-bond donors (Lipinski definition) is 0. The number of unbranched alkanes of at least 4 members (excludes halogenated alkanes) is 1. The molecule has 0 aliphatic carbocycles. The Hall–Kier alpha value is -3.13. The highest BCUT2D eigenvalue weighted by Crippen LogP contribution is 2.43. The summed E-state index contributed by atoms with van der Waals surface area (Å²) in [6, 6.07) is 15.1. The minimum atomic E-state index is -0.698. The molecule has 0 N–H and O–H groups in total. The number of carbonyl (C=O) groups excluding carboxylic acids is 1. The number of nitrogens with zero attached hydrogens (tertiary/aromatic N) is 4. The van der Waals surface area contributed by atoms with Gasteiger partial charge in [0.2, 0.25) is 23.2 Å². The lowest BCUT2D eigenvalue weighted by Gasteiger charge is -2.29. The van der Waals surface area contributed by atoms with Crippen LogP contribution in [0.3, 0.4) is 0 Å². The van der Waals surface area contributed by atoms with Crippen LogP contribution in [0.25, 0.3) is 11.3 Å². The molecule has 0 spiro atoms. The lowest BCUT2D eigenvalue weighted by Crippen LogP contribution is -2.36. The molecule has 1 atom stereocenters. The van der Waals surface area contributed by atoms with Crippen LogP contribution in [0.15, 0.2) is 53.7 Å². The van der Waals surface area contributed by atoms with Crippen molar-refractivity contribution in [1.82, 2.24) is 15.2 Å². The van der Waals surface area contributed by atoms with Crippen LogP contribution in [0.1, 0.15) is 38.5 Å². The van der Waals surface area contributed by atoms with Crippen LogP contribution in [-0.4, -0.2) is 34.0 Å². The molecule has 0 radical (unpaired) electrons. The standard InChI is InChI=1S/C23H24N4O3S/c1-4-5-14-31-23-24-21-20(25-26-23)18-8-6-7-9-19(18)27(15(2)28)22(30-21)16-10-12-17(29-3)13-11-16/h6-13,22H,4-5,14H2,1-3H3/t22-/m0/s1. The highest BCUT2D eigenvalue weighted by Gasteiger charge is 2.34. The second-order valence-corrected chi connectivity index (χ2v) is 8.16. The fourth-order valence-electron chi connectivity index (χ4n) is 3.41.